The summed E-state index contributed by atoms with van der Waals surface area (Å²) >= 11 is 0. The molecule has 6 atom stereocenters. The molecule has 200 valence electrons. The molecule has 13 heteroatoms. The van der Waals surface area contributed by atoms with Crippen LogP contribution in [0.15, 0.2) is 24.3 Å². The lowest BCUT2D eigenvalue weighted by Crippen LogP contribution is -2.60. The van der Waals surface area contributed by atoms with Crippen molar-refractivity contribution < 1.29 is 39.3 Å². The summed E-state index contributed by atoms with van der Waals surface area (Å²) in [7, 11) is 0. The van der Waals surface area contributed by atoms with Crippen LogP contribution in [0, 0.1) is 5.92 Å². The topological polar surface area (TPSA) is 234 Å². The molecule has 0 aliphatic rings. The second kappa shape index (κ2) is 14.0. The Morgan fingerprint density at radius 1 is 0.917 bits per heavy atom. The van der Waals surface area contributed by atoms with Crippen molar-refractivity contribution >= 4 is 29.6 Å². The molecule has 0 aliphatic heterocycles. The number of carboxylic acids is 1. The smallest absolute Gasteiger partial charge is 0.326 e. The molecule has 0 aromatic heterocycles. The molecule has 0 radical (unpaired) electrons. The Bertz CT molecular complexity index is 937. The summed E-state index contributed by atoms with van der Waals surface area (Å²) in [6, 6.07) is 0.422. The van der Waals surface area contributed by atoms with Gasteiger partial charge in [-0.3, -0.25) is 19.2 Å². The predicted octanol–water partition coefficient (Wildman–Crippen LogP) is -1.90. The number of phenolic OH excluding ortho intramolecular Hbond substituents is 1. The van der Waals surface area contributed by atoms with Gasteiger partial charge in [-0.05, 0) is 30.5 Å². The molecule has 10 N–H and O–H groups in total. The average Bonchev–Trinajstić information content (AvgIpc) is 2.81. The largest absolute Gasteiger partial charge is 0.508 e. The maximum Gasteiger partial charge on any atom is 0.326 e. The minimum atomic E-state index is -1.62. The lowest BCUT2D eigenvalue weighted by Gasteiger charge is -2.28. The number of phenols is 1. The third-order valence-corrected chi connectivity index (χ3v) is 5.64. The monoisotopic (exact) mass is 509 g/mol. The van der Waals surface area contributed by atoms with Crippen molar-refractivity contribution in [2.45, 2.75) is 70.3 Å². The van der Waals surface area contributed by atoms with Gasteiger partial charge in [0.05, 0.1) is 12.5 Å². The summed E-state index contributed by atoms with van der Waals surface area (Å²) in [6.07, 6.45) is -1.47. The zero-order valence-electron chi connectivity index (χ0n) is 20.4. The molecule has 0 saturated carbocycles. The number of carbonyl (C=O) groups is 5. The molecule has 36 heavy (non-hydrogen) atoms. The van der Waals surface area contributed by atoms with E-state index in [1.165, 1.54) is 31.2 Å². The van der Waals surface area contributed by atoms with Gasteiger partial charge in [0.25, 0.3) is 0 Å². The number of aliphatic hydroxyl groups excluding tert-OH is 1. The Balaban J connectivity index is 3.21. The number of rotatable bonds is 14. The van der Waals surface area contributed by atoms with Gasteiger partial charge in [0.15, 0.2) is 0 Å². The van der Waals surface area contributed by atoms with Crippen molar-refractivity contribution in [2.75, 3.05) is 0 Å². The van der Waals surface area contributed by atoms with E-state index in [1.807, 2.05) is 0 Å². The van der Waals surface area contributed by atoms with E-state index in [0.29, 0.717) is 12.0 Å². The van der Waals surface area contributed by atoms with Crippen molar-refractivity contribution in [3.63, 3.8) is 0 Å². The fourth-order valence-electron chi connectivity index (χ4n) is 3.18. The number of hydrogen-bond donors (Lipinski definition) is 8. The number of carboxylic acid groups (broad SMARTS) is 1. The Kier molecular flexibility index (Phi) is 11.8. The van der Waals surface area contributed by atoms with E-state index in [4.69, 9.17) is 11.5 Å². The number of carbonyl (C=O) groups excluding carboxylic acids is 4. The minimum Gasteiger partial charge on any atom is -0.508 e. The number of amides is 4. The third kappa shape index (κ3) is 9.50. The molecule has 0 heterocycles. The van der Waals surface area contributed by atoms with Gasteiger partial charge in [-0.1, -0.05) is 32.4 Å². The van der Waals surface area contributed by atoms with Gasteiger partial charge in [-0.15, -0.1) is 0 Å². The van der Waals surface area contributed by atoms with Crippen molar-refractivity contribution in [1.82, 2.24) is 16.0 Å². The highest BCUT2D eigenvalue weighted by molar-refractivity contribution is 5.95. The molecular formula is C23H35N5O8. The molecule has 1 aromatic rings. The number of aliphatic carboxylic acids is 1. The van der Waals surface area contributed by atoms with E-state index in [2.05, 4.69) is 16.0 Å². The standard InChI is InChI=1S/C23H35N5O8/c1-4-11(2)19(28-21(33)18(25)12(3)29)22(34)26-15(9-13-5-7-14(30)8-6-13)20(32)27-16(23(35)36)10-17(24)31/h5-8,11-12,15-16,18-19,29-30H,4,9-10,25H2,1-3H3,(H2,24,31)(H,26,34)(H,27,32)(H,28,33)(H,35,36). The minimum absolute atomic E-state index is 0.0230. The molecular weight excluding hydrogens is 474 g/mol. The van der Waals surface area contributed by atoms with Crippen LogP contribution in [0.25, 0.3) is 0 Å². The molecule has 6 unspecified atom stereocenters. The summed E-state index contributed by atoms with van der Waals surface area (Å²) in [5.74, 6) is -5.27. The normalized spacial score (nSPS) is 15.9. The molecule has 4 amide bonds. The molecule has 0 aliphatic carbocycles. The van der Waals surface area contributed by atoms with Gasteiger partial charge in [-0.25, -0.2) is 4.79 Å². The third-order valence-electron chi connectivity index (χ3n) is 5.64. The number of primary amides is 1. The number of nitrogens with one attached hydrogen (secondary N) is 3. The van der Waals surface area contributed by atoms with Gasteiger partial charge in [0, 0.05) is 6.42 Å². The van der Waals surface area contributed by atoms with Gasteiger partial charge >= 0.3 is 5.97 Å². The summed E-state index contributed by atoms with van der Waals surface area (Å²) < 4.78 is 0. The first-order valence-corrected chi connectivity index (χ1v) is 11.4. The molecule has 0 saturated heterocycles. The first-order valence-electron chi connectivity index (χ1n) is 11.4. The number of benzene rings is 1. The van der Waals surface area contributed by atoms with Crippen LogP contribution >= 0.6 is 0 Å². The van der Waals surface area contributed by atoms with Gasteiger partial charge in [0.2, 0.25) is 23.6 Å². The average molecular weight is 510 g/mol. The number of nitrogens with two attached hydrogens (primary N) is 2. The summed E-state index contributed by atoms with van der Waals surface area (Å²) in [4.78, 5) is 61.3. The Morgan fingerprint density at radius 2 is 1.47 bits per heavy atom. The van der Waals surface area contributed by atoms with E-state index in [1.54, 1.807) is 13.8 Å². The first kappa shape index (κ1) is 30.3. The van der Waals surface area contributed by atoms with Crippen LogP contribution < -0.4 is 27.4 Å². The van der Waals surface area contributed by atoms with Crippen LogP contribution in [0.1, 0.15) is 39.2 Å². The highest BCUT2D eigenvalue weighted by Crippen LogP contribution is 2.13. The fraction of sp³-hybridized carbons (Fsp3) is 0.522. The maximum absolute atomic E-state index is 13.2. The van der Waals surface area contributed by atoms with Gasteiger partial charge in [0.1, 0.15) is 29.9 Å². The molecule has 1 rings (SSSR count). The predicted molar refractivity (Wildman–Crippen MR) is 128 cm³/mol. The number of aromatic hydroxyl groups is 1. The molecule has 0 spiro atoms. The van der Waals surface area contributed by atoms with Crippen molar-refractivity contribution in [3.8, 4) is 5.75 Å². The summed E-state index contributed by atoms with van der Waals surface area (Å²) in [5.41, 5.74) is 11.3. The van der Waals surface area contributed by atoms with E-state index >= 15 is 0 Å². The van der Waals surface area contributed by atoms with E-state index in [9.17, 15) is 39.3 Å². The number of aliphatic hydroxyl groups is 1. The van der Waals surface area contributed by atoms with Crippen molar-refractivity contribution in [2.24, 2.45) is 17.4 Å². The zero-order valence-corrected chi connectivity index (χ0v) is 20.4. The summed E-state index contributed by atoms with van der Waals surface area (Å²) in [5, 5.41) is 35.6. The molecule has 1 aromatic carbocycles. The van der Waals surface area contributed by atoms with Crippen molar-refractivity contribution in [1.29, 1.82) is 0 Å². The van der Waals surface area contributed by atoms with Crippen LogP contribution in [0.4, 0.5) is 0 Å². The second-order valence-electron chi connectivity index (χ2n) is 8.64. The van der Waals surface area contributed by atoms with Gasteiger partial charge < -0.3 is 42.7 Å². The van der Waals surface area contributed by atoms with E-state index < -0.39 is 72.2 Å². The van der Waals surface area contributed by atoms with Crippen molar-refractivity contribution in [3.05, 3.63) is 29.8 Å². The molecule has 0 fully saturated rings. The quantitative estimate of drug-likeness (QED) is 0.140. The Labute approximate surface area is 208 Å². The summed E-state index contributed by atoms with van der Waals surface area (Å²) in [6.45, 7) is 4.81. The lowest BCUT2D eigenvalue weighted by atomic mass is 9.96. The fourth-order valence-corrected chi connectivity index (χ4v) is 3.18. The highest BCUT2D eigenvalue weighted by Gasteiger charge is 2.33. The SMILES string of the molecule is CCC(C)C(NC(=O)C(N)C(C)O)C(=O)NC(Cc1ccc(O)cc1)C(=O)NC(CC(N)=O)C(=O)O. The van der Waals surface area contributed by atoms with E-state index in [-0.39, 0.29) is 12.2 Å². The second-order valence-corrected chi connectivity index (χ2v) is 8.64. The van der Waals surface area contributed by atoms with E-state index in [0.717, 1.165) is 0 Å². The molecule has 0 bridgehead atoms. The van der Waals surface area contributed by atoms with Crippen LogP contribution in [0.2, 0.25) is 0 Å². The zero-order chi connectivity index (χ0) is 27.6. The lowest BCUT2D eigenvalue weighted by molar-refractivity contribution is -0.143. The molecule has 13 nitrogen and oxygen atoms in total. The van der Waals surface area contributed by atoms with Crippen LogP contribution in [-0.4, -0.2) is 75.2 Å². The highest BCUT2D eigenvalue weighted by atomic mass is 16.4. The van der Waals surface area contributed by atoms with Crippen LogP contribution in [0.3, 0.4) is 0 Å². The maximum atomic E-state index is 13.2. The van der Waals surface area contributed by atoms with Gasteiger partial charge in [-0.2, -0.15) is 0 Å². The Hall–Kier alpha value is -3.71. The first-order chi connectivity index (χ1) is 16.8. The number of hydrogen-bond acceptors (Lipinski definition) is 8. The van der Waals surface area contributed by atoms with Crippen LogP contribution in [-0.2, 0) is 30.4 Å². The Morgan fingerprint density at radius 3 is 1.94 bits per heavy atom. The van der Waals surface area contributed by atoms with Crippen LogP contribution in [0.5, 0.6) is 5.75 Å².